The van der Waals surface area contributed by atoms with Crippen LogP contribution < -0.4 is 11.1 Å². The minimum atomic E-state index is -3.45. The van der Waals surface area contributed by atoms with Gasteiger partial charge in [-0.1, -0.05) is 6.07 Å². The smallest absolute Gasteiger partial charge is 0.222 e. The number of aromatic nitrogens is 4. The van der Waals surface area contributed by atoms with E-state index in [0.717, 1.165) is 6.26 Å². The van der Waals surface area contributed by atoms with E-state index in [1.165, 1.54) is 30.5 Å². The van der Waals surface area contributed by atoms with Crippen molar-refractivity contribution < 1.29 is 12.8 Å². The van der Waals surface area contributed by atoms with Crippen molar-refractivity contribution >= 4 is 32.6 Å². The maximum Gasteiger partial charge on any atom is 0.222 e. The lowest BCUT2D eigenvalue weighted by molar-refractivity contribution is 0.601. The van der Waals surface area contributed by atoms with Crippen LogP contribution in [0.5, 0.6) is 0 Å². The van der Waals surface area contributed by atoms with Crippen LogP contribution in [0.15, 0.2) is 53.6 Å². The van der Waals surface area contributed by atoms with Crippen molar-refractivity contribution in [3.63, 3.8) is 0 Å². The molecule has 0 aliphatic heterocycles. The van der Waals surface area contributed by atoms with Gasteiger partial charge in [0.15, 0.2) is 9.84 Å². The average molecular weight is 451 g/mol. The number of nitriles is 1. The third-order valence-corrected chi connectivity index (χ3v) is 5.93. The Labute approximate surface area is 183 Å². The molecule has 1 atom stereocenters. The maximum atomic E-state index is 13.9. The average Bonchev–Trinajstić information content (AvgIpc) is 3.12. The van der Waals surface area contributed by atoms with Crippen LogP contribution in [-0.4, -0.2) is 34.2 Å². The molecule has 0 radical (unpaired) electrons. The van der Waals surface area contributed by atoms with Gasteiger partial charge in [0.1, 0.15) is 29.1 Å². The predicted molar refractivity (Wildman–Crippen MR) is 117 cm³/mol. The second-order valence-electron chi connectivity index (χ2n) is 7.18. The molecule has 9 nitrogen and oxygen atoms in total. The molecule has 0 saturated carbocycles. The molecule has 3 N–H and O–H groups in total. The lowest BCUT2D eigenvalue weighted by atomic mass is 10.2. The van der Waals surface area contributed by atoms with E-state index in [0.29, 0.717) is 22.5 Å². The van der Waals surface area contributed by atoms with Crippen molar-refractivity contribution in [2.75, 3.05) is 17.3 Å². The number of anilines is 2. The molecule has 0 aliphatic rings. The number of rotatable bonds is 5. The zero-order valence-corrected chi connectivity index (χ0v) is 17.9. The van der Waals surface area contributed by atoms with Gasteiger partial charge < -0.3 is 11.1 Å². The van der Waals surface area contributed by atoms with Crippen molar-refractivity contribution in [1.82, 2.24) is 19.5 Å². The molecule has 0 bridgehead atoms. The molecular formula is C21H18FN7O2S. The Hall–Kier alpha value is -4.04. The summed E-state index contributed by atoms with van der Waals surface area (Å²) < 4.78 is 39.8. The van der Waals surface area contributed by atoms with Crippen LogP contribution >= 0.6 is 0 Å². The van der Waals surface area contributed by atoms with Crippen LogP contribution in [0.2, 0.25) is 0 Å². The van der Waals surface area contributed by atoms with Crippen molar-refractivity contribution in [2.24, 2.45) is 0 Å². The van der Waals surface area contributed by atoms with Crippen molar-refractivity contribution in [1.29, 1.82) is 5.26 Å². The number of nitrogens with zero attached hydrogens (tertiary/aromatic N) is 5. The molecular weight excluding hydrogens is 433 g/mol. The van der Waals surface area contributed by atoms with Gasteiger partial charge in [-0.25, -0.2) is 22.8 Å². The minimum absolute atomic E-state index is 0.00451. The van der Waals surface area contributed by atoms with Gasteiger partial charge in [0.2, 0.25) is 5.95 Å². The predicted octanol–water partition coefficient (Wildman–Crippen LogP) is 2.99. The molecule has 4 aromatic rings. The van der Waals surface area contributed by atoms with E-state index in [1.54, 1.807) is 29.7 Å². The molecule has 162 valence electrons. The largest absolute Gasteiger partial charge is 0.368 e. The number of nitrogens with one attached hydrogen (secondary N) is 1. The van der Waals surface area contributed by atoms with Gasteiger partial charge in [0, 0.05) is 18.0 Å². The summed E-state index contributed by atoms with van der Waals surface area (Å²) in [5.41, 5.74) is 7.37. The first-order chi connectivity index (χ1) is 15.2. The molecule has 0 spiro atoms. The van der Waals surface area contributed by atoms with Crippen LogP contribution in [0.1, 0.15) is 24.4 Å². The molecule has 11 heteroatoms. The Morgan fingerprint density at radius 3 is 2.72 bits per heavy atom. The summed E-state index contributed by atoms with van der Waals surface area (Å²) >= 11 is 0. The molecule has 0 aliphatic carbocycles. The Morgan fingerprint density at radius 2 is 2.00 bits per heavy atom. The fourth-order valence-electron chi connectivity index (χ4n) is 3.34. The van der Waals surface area contributed by atoms with Gasteiger partial charge in [-0.15, -0.1) is 0 Å². The van der Waals surface area contributed by atoms with Crippen LogP contribution in [0.25, 0.3) is 16.7 Å². The third kappa shape index (κ3) is 3.95. The van der Waals surface area contributed by atoms with Crippen LogP contribution in [0.3, 0.4) is 0 Å². The van der Waals surface area contributed by atoms with E-state index in [1.807, 2.05) is 6.07 Å². The first-order valence-electron chi connectivity index (χ1n) is 9.45. The molecule has 4 rings (SSSR count). The summed E-state index contributed by atoms with van der Waals surface area (Å²) in [6.45, 7) is 1.79. The number of benzene rings is 2. The monoisotopic (exact) mass is 451 g/mol. The van der Waals surface area contributed by atoms with Crippen LogP contribution in [0.4, 0.5) is 16.2 Å². The van der Waals surface area contributed by atoms with E-state index < -0.39 is 21.7 Å². The molecule has 32 heavy (non-hydrogen) atoms. The Bertz CT molecular complexity index is 1490. The summed E-state index contributed by atoms with van der Waals surface area (Å²) in [6.07, 6.45) is 2.44. The summed E-state index contributed by atoms with van der Waals surface area (Å²) in [6, 6.07) is 12.0. The Kier molecular flexibility index (Phi) is 5.23. The standard InChI is InChI=1S/C21H18FN7O2S/c1-12(26-19-13(10-23)11-25-21(24)28-19)20-27-17-8-14(22)6-7-18(17)29(20)15-4-3-5-16(9-15)32(2,30)31/h3-9,11-12H,1-2H3,(H3,24,25,26,28)/t12-/m1/s1. The highest BCUT2D eigenvalue weighted by atomic mass is 32.2. The van der Waals surface area contributed by atoms with E-state index in [-0.39, 0.29) is 22.2 Å². The van der Waals surface area contributed by atoms with Gasteiger partial charge >= 0.3 is 0 Å². The van der Waals surface area contributed by atoms with Crippen molar-refractivity contribution in [2.45, 2.75) is 17.9 Å². The van der Waals surface area contributed by atoms with E-state index >= 15 is 0 Å². The first kappa shape index (κ1) is 21.2. The lowest BCUT2D eigenvalue weighted by Gasteiger charge is -2.18. The van der Waals surface area contributed by atoms with E-state index in [9.17, 15) is 18.1 Å². The number of hydrogen-bond donors (Lipinski definition) is 2. The van der Waals surface area contributed by atoms with Crippen molar-refractivity contribution in [3.8, 4) is 11.8 Å². The first-order valence-corrected chi connectivity index (χ1v) is 11.3. The molecule has 2 heterocycles. The fraction of sp³-hybridized carbons (Fsp3) is 0.143. The minimum Gasteiger partial charge on any atom is -0.368 e. The summed E-state index contributed by atoms with van der Waals surface area (Å²) in [4.78, 5) is 12.6. The second-order valence-corrected chi connectivity index (χ2v) is 9.19. The zero-order chi connectivity index (χ0) is 23.0. The van der Waals surface area contributed by atoms with Crippen LogP contribution in [-0.2, 0) is 9.84 Å². The molecule has 0 fully saturated rings. The highest BCUT2D eigenvalue weighted by molar-refractivity contribution is 7.90. The zero-order valence-electron chi connectivity index (χ0n) is 17.1. The molecule has 0 unspecified atom stereocenters. The van der Waals surface area contributed by atoms with E-state index in [4.69, 9.17) is 5.73 Å². The summed E-state index contributed by atoms with van der Waals surface area (Å²) in [5, 5.41) is 12.4. The number of fused-ring (bicyclic) bond motifs is 1. The molecule has 0 saturated heterocycles. The topological polar surface area (TPSA) is 140 Å². The highest BCUT2D eigenvalue weighted by Gasteiger charge is 2.21. The Morgan fingerprint density at radius 1 is 1.22 bits per heavy atom. The van der Waals surface area contributed by atoms with Gasteiger partial charge in [0.05, 0.1) is 28.2 Å². The highest BCUT2D eigenvalue weighted by Crippen LogP contribution is 2.29. The number of sulfone groups is 1. The van der Waals surface area contributed by atoms with Crippen LogP contribution in [0, 0.1) is 17.1 Å². The normalized spacial score (nSPS) is 12.4. The third-order valence-electron chi connectivity index (χ3n) is 4.81. The maximum absolute atomic E-state index is 13.9. The number of nitrogens with two attached hydrogens (primary N) is 1. The van der Waals surface area contributed by atoms with Gasteiger partial charge in [-0.05, 0) is 37.3 Å². The summed E-state index contributed by atoms with van der Waals surface area (Å²) in [7, 11) is -3.45. The number of halogens is 1. The quantitative estimate of drug-likeness (QED) is 0.472. The number of imidazole rings is 1. The van der Waals surface area contributed by atoms with Gasteiger partial charge in [-0.3, -0.25) is 4.57 Å². The number of nitrogen functional groups attached to an aromatic ring is 1. The summed E-state index contributed by atoms with van der Waals surface area (Å²) in [5.74, 6) is 0.226. The van der Waals surface area contributed by atoms with E-state index in [2.05, 4.69) is 20.3 Å². The van der Waals surface area contributed by atoms with Gasteiger partial charge in [0.25, 0.3) is 0 Å². The molecule has 2 aromatic carbocycles. The van der Waals surface area contributed by atoms with Gasteiger partial charge in [-0.2, -0.15) is 10.2 Å². The fourth-order valence-corrected chi connectivity index (χ4v) is 4.00. The van der Waals surface area contributed by atoms with Crippen molar-refractivity contribution in [3.05, 3.63) is 65.9 Å². The second kappa shape index (κ2) is 7.90. The SMILES string of the molecule is C[C@@H](Nc1nc(N)ncc1C#N)c1nc2cc(F)ccc2n1-c1cccc(S(C)(=O)=O)c1. The molecule has 0 amide bonds. The number of hydrogen-bond acceptors (Lipinski definition) is 8. The lowest BCUT2D eigenvalue weighted by Crippen LogP contribution is -2.15. The Balaban J connectivity index is 1.89. The molecule has 2 aromatic heterocycles.